The van der Waals surface area contributed by atoms with Gasteiger partial charge in [0.2, 0.25) is 0 Å². The van der Waals surface area contributed by atoms with E-state index < -0.39 is 0 Å². The average molecular weight is 236 g/mol. The minimum Gasteiger partial charge on any atom is -0.397 e. The maximum Gasteiger partial charge on any atom is 0.125 e. The lowest BCUT2D eigenvalue weighted by atomic mass is 10.0. The molecule has 0 bridgehead atoms. The average Bonchev–Trinajstić information content (AvgIpc) is 2.23. The van der Waals surface area contributed by atoms with Gasteiger partial charge in [-0.3, -0.25) is 0 Å². The summed E-state index contributed by atoms with van der Waals surface area (Å²) in [6.07, 6.45) is 0. The SMILES string of the molecule is Cc1cccc(-c2cc(F)cc(Cl)c2N)c1. The zero-order valence-corrected chi connectivity index (χ0v) is 9.55. The number of aryl methyl sites for hydroxylation is 1. The second kappa shape index (κ2) is 4.14. The van der Waals surface area contributed by atoms with E-state index in [1.807, 2.05) is 31.2 Å². The van der Waals surface area contributed by atoms with Crippen LogP contribution in [0.2, 0.25) is 5.02 Å². The molecule has 0 aromatic heterocycles. The van der Waals surface area contributed by atoms with Crippen molar-refractivity contribution >= 4 is 17.3 Å². The van der Waals surface area contributed by atoms with Gasteiger partial charge in [0.1, 0.15) is 5.82 Å². The van der Waals surface area contributed by atoms with Crippen molar-refractivity contribution in [3.05, 3.63) is 52.8 Å². The molecule has 0 fully saturated rings. The molecule has 0 saturated carbocycles. The number of anilines is 1. The highest BCUT2D eigenvalue weighted by Crippen LogP contribution is 2.32. The summed E-state index contributed by atoms with van der Waals surface area (Å²) in [5, 5.41) is 0.247. The first-order valence-corrected chi connectivity index (χ1v) is 5.27. The number of nitrogen functional groups attached to an aromatic ring is 1. The smallest absolute Gasteiger partial charge is 0.125 e. The van der Waals surface area contributed by atoms with Crippen LogP contribution in [0.4, 0.5) is 10.1 Å². The Morgan fingerprint density at radius 1 is 1.19 bits per heavy atom. The molecular formula is C13H11ClFN. The molecule has 0 aliphatic rings. The molecule has 82 valence electrons. The molecule has 0 aliphatic heterocycles. The van der Waals surface area contributed by atoms with Crippen molar-refractivity contribution in [3.8, 4) is 11.1 Å². The highest BCUT2D eigenvalue weighted by atomic mass is 35.5. The molecule has 1 nitrogen and oxygen atoms in total. The third-order valence-electron chi connectivity index (χ3n) is 2.42. The molecule has 0 spiro atoms. The first-order valence-electron chi connectivity index (χ1n) is 4.89. The summed E-state index contributed by atoms with van der Waals surface area (Å²) in [6, 6.07) is 10.3. The van der Waals surface area contributed by atoms with E-state index >= 15 is 0 Å². The normalized spacial score (nSPS) is 10.4. The number of benzene rings is 2. The molecular weight excluding hydrogens is 225 g/mol. The van der Waals surface area contributed by atoms with E-state index in [2.05, 4.69) is 0 Å². The van der Waals surface area contributed by atoms with Crippen LogP contribution in [0.3, 0.4) is 0 Å². The number of nitrogens with two attached hydrogens (primary N) is 1. The van der Waals surface area contributed by atoms with Crippen molar-refractivity contribution in [1.29, 1.82) is 0 Å². The van der Waals surface area contributed by atoms with Gasteiger partial charge in [0.05, 0.1) is 10.7 Å². The van der Waals surface area contributed by atoms with Gasteiger partial charge in [-0.25, -0.2) is 4.39 Å². The molecule has 0 saturated heterocycles. The molecule has 0 amide bonds. The minimum atomic E-state index is -0.379. The molecule has 2 aromatic carbocycles. The highest BCUT2D eigenvalue weighted by molar-refractivity contribution is 6.33. The first-order chi connectivity index (χ1) is 7.58. The van der Waals surface area contributed by atoms with Crippen LogP contribution in [0.1, 0.15) is 5.56 Å². The van der Waals surface area contributed by atoms with Gasteiger partial charge < -0.3 is 5.73 Å². The van der Waals surface area contributed by atoms with Crippen molar-refractivity contribution in [2.24, 2.45) is 0 Å². The lowest BCUT2D eigenvalue weighted by Crippen LogP contribution is -1.93. The lowest BCUT2D eigenvalue weighted by Gasteiger charge is -2.08. The summed E-state index contributed by atoms with van der Waals surface area (Å²) >= 11 is 5.84. The quantitative estimate of drug-likeness (QED) is 0.742. The molecule has 0 radical (unpaired) electrons. The Kier molecular flexibility index (Phi) is 2.84. The molecule has 0 aliphatic carbocycles. The lowest BCUT2D eigenvalue weighted by molar-refractivity contribution is 0.628. The van der Waals surface area contributed by atoms with Crippen molar-refractivity contribution in [2.75, 3.05) is 5.73 Å². The molecule has 2 rings (SSSR count). The van der Waals surface area contributed by atoms with Gasteiger partial charge in [0.15, 0.2) is 0 Å². The molecule has 2 aromatic rings. The van der Waals surface area contributed by atoms with E-state index in [0.29, 0.717) is 11.3 Å². The summed E-state index contributed by atoms with van der Waals surface area (Å²) in [6.45, 7) is 1.97. The number of halogens is 2. The highest BCUT2D eigenvalue weighted by Gasteiger charge is 2.08. The van der Waals surface area contributed by atoms with Gasteiger partial charge in [-0.05, 0) is 24.6 Å². The third kappa shape index (κ3) is 2.02. The van der Waals surface area contributed by atoms with Crippen molar-refractivity contribution < 1.29 is 4.39 Å². The summed E-state index contributed by atoms with van der Waals surface area (Å²) in [7, 11) is 0. The van der Waals surface area contributed by atoms with Crippen LogP contribution in [-0.4, -0.2) is 0 Å². The Bertz CT molecular complexity index is 537. The first kappa shape index (κ1) is 11.0. The Morgan fingerprint density at radius 2 is 1.94 bits per heavy atom. The van der Waals surface area contributed by atoms with Gasteiger partial charge in [-0.15, -0.1) is 0 Å². The van der Waals surface area contributed by atoms with Gasteiger partial charge >= 0.3 is 0 Å². The van der Waals surface area contributed by atoms with E-state index in [9.17, 15) is 4.39 Å². The Labute approximate surface area is 98.7 Å². The van der Waals surface area contributed by atoms with E-state index in [4.69, 9.17) is 17.3 Å². The molecule has 16 heavy (non-hydrogen) atoms. The minimum absolute atomic E-state index is 0.247. The Hall–Kier alpha value is -1.54. The molecule has 0 unspecified atom stereocenters. The van der Waals surface area contributed by atoms with Crippen molar-refractivity contribution in [2.45, 2.75) is 6.92 Å². The van der Waals surface area contributed by atoms with Crippen LogP contribution in [0.25, 0.3) is 11.1 Å². The van der Waals surface area contributed by atoms with E-state index in [1.165, 1.54) is 12.1 Å². The van der Waals surface area contributed by atoms with Crippen molar-refractivity contribution in [3.63, 3.8) is 0 Å². The largest absolute Gasteiger partial charge is 0.397 e. The van der Waals surface area contributed by atoms with E-state index in [0.717, 1.165) is 11.1 Å². The monoisotopic (exact) mass is 235 g/mol. The molecule has 0 atom stereocenters. The maximum absolute atomic E-state index is 13.3. The summed E-state index contributed by atoms with van der Waals surface area (Å²) < 4.78 is 13.3. The number of rotatable bonds is 1. The summed E-state index contributed by atoms with van der Waals surface area (Å²) in [5.74, 6) is -0.379. The predicted molar refractivity (Wildman–Crippen MR) is 66.0 cm³/mol. The fourth-order valence-electron chi connectivity index (χ4n) is 1.64. The second-order valence-corrected chi connectivity index (χ2v) is 4.13. The Balaban J connectivity index is 2.64. The molecule has 2 N–H and O–H groups in total. The zero-order chi connectivity index (χ0) is 11.7. The van der Waals surface area contributed by atoms with Crippen LogP contribution in [-0.2, 0) is 0 Å². The molecule has 3 heteroatoms. The van der Waals surface area contributed by atoms with E-state index in [1.54, 1.807) is 0 Å². The van der Waals surface area contributed by atoms with Crippen molar-refractivity contribution in [1.82, 2.24) is 0 Å². The topological polar surface area (TPSA) is 26.0 Å². The standard InChI is InChI=1S/C13H11ClFN/c1-8-3-2-4-9(5-8)11-6-10(15)7-12(14)13(11)16/h2-7H,16H2,1H3. The van der Waals surface area contributed by atoms with Crippen LogP contribution in [0.15, 0.2) is 36.4 Å². The maximum atomic E-state index is 13.3. The van der Waals surface area contributed by atoms with Gasteiger partial charge in [-0.2, -0.15) is 0 Å². The fraction of sp³-hybridized carbons (Fsp3) is 0.0769. The van der Waals surface area contributed by atoms with Crippen LogP contribution < -0.4 is 5.73 Å². The van der Waals surface area contributed by atoms with Gasteiger partial charge in [0, 0.05) is 5.56 Å². The van der Waals surface area contributed by atoms with Gasteiger partial charge in [0.25, 0.3) is 0 Å². The van der Waals surface area contributed by atoms with Crippen LogP contribution in [0.5, 0.6) is 0 Å². The summed E-state index contributed by atoms with van der Waals surface area (Å²) in [4.78, 5) is 0. The summed E-state index contributed by atoms with van der Waals surface area (Å²) in [5.41, 5.74) is 8.85. The van der Waals surface area contributed by atoms with Crippen LogP contribution >= 0.6 is 11.6 Å². The predicted octanol–water partition coefficient (Wildman–Crippen LogP) is 4.04. The third-order valence-corrected chi connectivity index (χ3v) is 2.74. The second-order valence-electron chi connectivity index (χ2n) is 3.72. The fourth-order valence-corrected chi connectivity index (χ4v) is 1.84. The van der Waals surface area contributed by atoms with E-state index in [-0.39, 0.29) is 10.8 Å². The Morgan fingerprint density at radius 3 is 2.62 bits per heavy atom. The van der Waals surface area contributed by atoms with Gasteiger partial charge in [-0.1, -0.05) is 41.4 Å². The van der Waals surface area contributed by atoms with Crippen LogP contribution in [0, 0.1) is 12.7 Å². The zero-order valence-electron chi connectivity index (χ0n) is 8.80. The number of hydrogen-bond acceptors (Lipinski definition) is 1. The number of hydrogen-bond donors (Lipinski definition) is 1. The molecule has 0 heterocycles.